The summed E-state index contributed by atoms with van der Waals surface area (Å²) >= 11 is 1.70. The lowest BCUT2D eigenvalue weighted by Gasteiger charge is -2.25. The molecule has 0 fully saturated rings. The molecule has 5 nitrogen and oxygen atoms in total. The van der Waals surface area contributed by atoms with Gasteiger partial charge in [0.05, 0.1) is 0 Å². The summed E-state index contributed by atoms with van der Waals surface area (Å²) in [4.78, 5) is 8.69. The summed E-state index contributed by atoms with van der Waals surface area (Å²) < 4.78 is 27.3. The van der Waals surface area contributed by atoms with E-state index in [1.807, 2.05) is 11.4 Å². The highest BCUT2D eigenvalue weighted by atomic mass is 32.2. The summed E-state index contributed by atoms with van der Waals surface area (Å²) in [5.41, 5.74) is 1.72. The van der Waals surface area contributed by atoms with E-state index in [-0.39, 0.29) is 0 Å². The normalized spacial score (nSPS) is 16.2. The predicted molar refractivity (Wildman–Crippen MR) is 81.7 cm³/mol. The highest BCUT2D eigenvalue weighted by Crippen LogP contribution is 2.30. The Kier molecular flexibility index (Phi) is 2.88. The molecule has 3 aromatic heterocycles. The molecule has 1 aliphatic heterocycles. The summed E-state index contributed by atoms with van der Waals surface area (Å²) in [7, 11) is -3.50. The van der Waals surface area contributed by atoms with Crippen LogP contribution in [0.4, 0.5) is 0 Å². The second-order valence-corrected chi connectivity index (χ2v) is 7.92. The van der Waals surface area contributed by atoms with E-state index >= 15 is 0 Å². The maximum Gasteiger partial charge on any atom is 0.245 e. The molecule has 4 heterocycles. The van der Waals surface area contributed by atoms with Crippen LogP contribution < -0.4 is 0 Å². The Morgan fingerprint density at radius 1 is 1.33 bits per heavy atom. The van der Waals surface area contributed by atoms with Gasteiger partial charge >= 0.3 is 0 Å². The number of hydrogen-bond acceptors (Lipinski definition) is 4. The molecule has 0 radical (unpaired) electrons. The molecule has 0 bridgehead atoms. The number of hydrogen-bond donors (Lipinski definition) is 1. The Morgan fingerprint density at radius 2 is 2.24 bits per heavy atom. The minimum absolute atomic E-state index is 0.310. The summed E-state index contributed by atoms with van der Waals surface area (Å²) in [6.07, 6.45) is 3.97. The van der Waals surface area contributed by atoms with Crippen molar-refractivity contribution >= 4 is 32.4 Å². The van der Waals surface area contributed by atoms with Crippen molar-refractivity contribution < 1.29 is 8.42 Å². The van der Waals surface area contributed by atoms with Crippen molar-refractivity contribution in [3.63, 3.8) is 0 Å². The molecule has 0 spiro atoms. The highest BCUT2D eigenvalue weighted by Gasteiger charge is 2.30. The fourth-order valence-corrected chi connectivity index (χ4v) is 5.17. The third-order valence-electron chi connectivity index (χ3n) is 3.80. The van der Waals surface area contributed by atoms with E-state index in [1.54, 1.807) is 34.0 Å². The first-order valence-electron chi connectivity index (χ1n) is 6.64. The van der Waals surface area contributed by atoms with Crippen molar-refractivity contribution in [3.8, 4) is 0 Å². The van der Waals surface area contributed by atoms with E-state index < -0.39 is 10.0 Å². The number of sulfonamides is 1. The zero-order valence-corrected chi connectivity index (χ0v) is 12.7. The molecule has 0 saturated carbocycles. The fraction of sp³-hybridized carbons (Fsp3) is 0.214. The quantitative estimate of drug-likeness (QED) is 0.788. The van der Waals surface area contributed by atoms with E-state index in [9.17, 15) is 8.42 Å². The second kappa shape index (κ2) is 4.66. The molecule has 0 aromatic carbocycles. The minimum Gasteiger partial charge on any atom is -0.345 e. The van der Waals surface area contributed by atoms with Crippen molar-refractivity contribution in [2.45, 2.75) is 17.9 Å². The number of aromatic nitrogens is 2. The number of H-pyrrole nitrogens is 1. The molecule has 0 amide bonds. The zero-order chi connectivity index (χ0) is 14.4. The number of rotatable bonds is 2. The van der Waals surface area contributed by atoms with Crippen LogP contribution >= 0.6 is 11.3 Å². The lowest BCUT2D eigenvalue weighted by atomic mass is 10.1. The van der Waals surface area contributed by atoms with Gasteiger partial charge in [0.1, 0.15) is 10.5 Å². The van der Waals surface area contributed by atoms with Crippen molar-refractivity contribution in [2.75, 3.05) is 6.54 Å². The van der Waals surface area contributed by atoms with E-state index in [4.69, 9.17) is 0 Å². The van der Waals surface area contributed by atoms with Crippen LogP contribution in [0.3, 0.4) is 0 Å². The molecule has 0 aliphatic carbocycles. The maximum atomic E-state index is 12.9. The predicted octanol–water partition coefficient (Wildman–Crippen LogP) is 2.37. The van der Waals surface area contributed by atoms with Crippen LogP contribution in [0, 0.1) is 0 Å². The average Bonchev–Trinajstić information content (AvgIpc) is 3.13. The molecule has 1 N–H and O–H groups in total. The maximum absolute atomic E-state index is 12.9. The monoisotopic (exact) mass is 319 g/mol. The van der Waals surface area contributed by atoms with Gasteiger partial charge in [-0.1, -0.05) is 0 Å². The number of aromatic amines is 1. The Morgan fingerprint density at radius 3 is 3.14 bits per heavy atom. The SMILES string of the molecule is O=S(=O)(c1c[nH]c2ncccc12)N1CCc2sccc2C1. The van der Waals surface area contributed by atoms with Gasteiger partial charge in [0, 0.05) is 35.7 Å². The van der Waals surface area contributed by atoms with Gasteiger partial charge in [-0.15, -0.1) is 11.3 Å². The first-order valence-corrected chi connectivity index (χ1v) is 8.96. The van der Waals surface area contributed by atoms with Crippen molar-refractivity contribution in [2.24, 2.45) is 0 Å². The first kappa shape index (κ1) is 13.0. The largest absolute Gasteiger partial charge is 0.345 e. The van der Waals surface area contributed by atoms with Crippen LogP contribution in [0.5, 0.6) is 0 Å². The molecule has 0 atom stereocenters. The molecule has 3 aromatic rings. The molecular weight excluding hydrogens is 306 g/mol. The van der Waals surface area contributed by atoms with E-state index in [0.717, 1.165) is 12.0 Å². The number of fused-ring (bicyclic) bond motifs is 2. The molecule has 108 valence electrons. The molecule has 21 heavy (non-hydrogen) atoms. The van der Waals surface area contributed by atoms with Crippen LogP contribution in [0.15, 0.2) is 40.9 Å². The number of nitrogens with one attached hydrogen (secondary N) is 1. The van der Waals surface area contributed by atoms with Gasteiger partial charge < -0.3 is 4.98 Å². The van der Waals surface area contributed by atoms with Crippen LogP contribution in [0.2, 0.25) is 0 Å². The van der Waals surface area contributed by atoms with Crippen LogP contribution in [-0.2, 0) is 23.0 Å². The van der Waals surface area contributed by atoms with Gasteiger partial charge in [-0.3, -0.25) is 0 Å². The summed E-state index contributed by atoms with van der Waals surface area (Å²) in [6.45, 7) is 0.983. The second-order valence-electron chi connectivity index (χ2n) is 5.01. The molecular formula is C14H13N3O2S2. The van der Waals surface area contributed by atoms with Crippen molar-refractivity contribution in [1.82, 2.24) is 14.3 Å². The Hall–Kier alpha value is -1.70. The topological polar surface area (TPSA) is 66.1 Å². The molecule has 1 aliphatic rings. The third kappa shape index (κ3) is 2.00. The molecule has 0 saturated heterocycles. The Balaban J connectivity index is 1.77. The lowest BCUT2D eigenvalue weighted by Crippen LogP contribution is -2.35. The third-order valence-corrected chi connectivity index (χ3v) is 6.71. The zero-order valence-electron chi connectivity index (χ0n) is 11.1. The van der Waals surface area contributed by atoms with Gasteiger partial charge in [0.25, 0.3) is 0 Å². The lowest BCUT2D eigenvalue weighted by molar-refractivity contribution is 0.394. The average molecular weight is 319 g/mol. The summed E-state index contributed by atoms with van der Waals surface area (Å²) in [6, 6.07) is 5.55. The number of pyridine rings is 1. The van der Waals surface area contributed by atoms with Crippen LogP contribution in [0.25, 0.3) is 11.0 Å². The van der Waals surface area contributed by atoms with E-state index in [0.29, 0.717) is 29.0 Å². The minimum atomic E-state index is -3.50. The summed E-state index contributed by atoms with van der Waals surface area (Å²) in [5, 5.41) is 2.67. The molecule has 7 heteroatoms. The van der Waals surface area contributed by atoms with E-state index in [2.05, 4.69) is 9.97 Å². The van der Waals surface area contributed by atoms with Crippen molar-refractivity contribution in [3.05, 3.63) is 46.4 Å². The standard InChI is InChI=1S/C14H13N3O2S2/c18-21(19,13-8-16-14-11(13)2-1-5-15-14)17-6-3-12-10(9-17)4-7-20-12/h1-2,4-5,7-8H,3,6,9H2,(H,15,16). The molecule has 4 rings (SSSR count). The van der Waals surface area contributed by atoms with Gasteiger partial charge in [-0.2, -0.15) is 4.31 Å². The Bertz CT molecular complexity index is 911. The van der Waals surface area contributed by atoms with Gasteiger partial charge in [0.2, 0.25) is 10.0 Å². The first-order chi connectivity index (χ1) is 10.2. The smallest absolute Gasteiger partial charge is 0.245 e. The van der Waals surface area contributed by atoms with Gasteiger partial charge in [-0.25, -0.2) is 13.4 Å². The number of nitrogens with zero attached hydrogens (tertiary/aromatic N) is 2. The van der Waals surface area contributed by atoms with Gasteiger partial charge in [-0.05, 0) is 35.6 Å². The highest BCUT2D eigenvalue weighted by molar-refractivity contribution is 7.89. The Labute approximate surface area is 126 Å². The van der Waals surface area contributed by atoms with Crippen LogP contribution in [0.1, 0.15) is 10.4 Å². The van der Waals surface area contributed by atoms with E-state index in [1.165, 1.54) is 11.1 Å². The fourth-order valence-electron chi connectivity index (χ4n) is 2.71. The van der Waals surface area contributed by atoms with Crippen molar-refractivity contribution in [1.29, 1.82) is 0 Å². The number of thiophene rings is 1. The van der Waals surface area contributed by atoms with Crippen LogP contribution in [-0.4, -0.2) is 29.2 Å². The summed E-state index contributed by atoms with van der Waals surface area (Å²) in [5.74, 6) is 0. The van der Waals surface area contributed by atoms with Gasteiger partial charge in [0.15, 0.2) is 0 Å². The molecule has 0 unspecified atom stereocenters.